The predicted octanol–water partition coefficient (Wildman–Crippen LogP) is 1.93. The molecule has 138 valence electrons. The zero-order valence-electron chi connectivity index (χ0n) is 14.3. The fraction of sp³-hybridized carbons (Fsp3) is 0.467. The molecule has 1 aliphatic heterocycles. The fourth-order valence-corrected chi connectivity index (χ4v) is 3.37. The molecule has 26 heavy (non-hydrogen) atoms. The maximum absolute atomic E-state index is 5.52. The highest BCUT2D eigenvalue weighted by Gasteiger charge is 2.31. The molecule has 0 radical (unpaired) electrons. The summed E-state index contributed by atoms with van der Waals surface area (Å²) < 4.78 is 12.9. The molecule has 2 N–H and O–H groups in total. The van der Waals surface area contributed by atoms with Crippen molar-refractivity contribution in [1.29, 1.82) is 0 Å². The van der Waals surface area contributed by atoms with Crippen molar-refractivity contribution in [2.45, 2.75) is 30.9 Å². The molecule has 4 atom stereocenters. The number of rotatable bonds is 6. The molecule has 4 rings (SSSR count). The number of aromatic amines is 1. The molecule has 3 aromatic heterocycles. The second kappa shape index (κ2) is 7.06. The predicted molar refractivity (Wildman–Crippen MR) is 105 cm³/mol. The molecule has 3 unspecified atom stereocenters. The van der Waals surface area contributed by atoms with Crippen LogP contribution >= 0.6 is 18.5 Å². The van der Waals surface area contributed by atoms with E-state index in [2.05, 4.69) is 49.1 Å². The number of aromatic nitrogens is 6. The van der Waals surface area contributed by atoms with Crippen LogP contribution in [0.5, 0.6) is 5.88 Å². The third kappa shape index (κ3) is 3.80. The molecular formula is C15H21N7O2P2. The van der Waals surface area contributed by atoms with Gasteiger partial charge in [-0.2, -0.15) is 5.10 Å². The van der Waals surface area contributed by atoms with Gasteiger partial charge < -0.3 is 14.8 Å². The minimum absolute atomic E-state index is 0.00542. The standard InChI is InChI=1S/C15H21N7O2P2/c1-9(25)24-13-4-11(20-21-13)18-12-6-16-10-5-17-22(14(10)19-12)7-15(26)2-3-23-8-15/h4-6,9H,2-3,7-8,25-26H2,1H3,(H2,18,19,20,21)/t9?,15-/m0/s1. The number of H-pyrrole nitrogens is 1. The van der Waals surface area contributed by atoms with Gasteiger partial charge in [-0.05, 0) is 13.3 Å². The van der Waals surface area contributed by atoms with E-state index in [-0.39, 0.29) is 11.0 Å². The number of fused-ring (bicyclic) bond motifs is 1. The SMILES string of the molecule is CC(P)Oc1cc(Nc2cnc3cnn(C[C@@]4(P)CCOC4)c3n2)[nH]n1. The van der Waals surface area contributed by atoms with Crippen LogP contribution in [-0.4, -0.2) is 54.2 Å². The summed E-state index contributed by atoms with van der Waals surface area (Å²) in [6.07, 6.45) is 4.39. The van der Waals surface area contributed by atoms with Gasteiger partial charge in [-0.25, -0.2) is 14.6 Å². The third-order valence-corrected chi connectivity index (χ3v) is 4.84. The zero-order chi connectivity index (χ0) is 18.1. The average molecular weight is 393 g/mol. The Morgan fingerprint density at radius 3 is 3.15 bits per heavy atom. The van der Waals surface area contributed by atoms with Gasteiger partial charge in [0.2, 0.25) is 5.88 Å². The second-order valence-corrected chi connectivity index (χ2v) is 8.66. The summed E-state index contributed by atoms with van der Waals surface area (Å²) in [5, 5.41) is 14.6. The van der Waals surface area contributed by atoms with Gasteiger partial charge in [0.05, 0.1) is 25.5 Å². The minimum Gasteiger partial charge on any atom is -0.470 e. The third-order valence-electron chi connectivity index (χ3n) is 4.07. The van der Waals surface area contributed by atoms with Crippen LogP contribution in [0.1, 0.15) is 13.3 Å². The van der Waals surface area contributed by atoms with Gasteiger partial charge in [-0.3, -0.25) is 5.10 Å². The van der Waals surface area contributed by atoms with Crippen molar-refractivity contribution in [3.05, 3.63) is 18.5 Å². The molecule has 11 heteroatoms. The smallest absolute Gasteiger partial charge is 0.235 e. The highest BCUT2D eigenvalue weighted by Crippen LogP contribution is 2.31. The van der Waals surface area contributed by atoms with E-state index in [9.17, 15) is 0 Å². The number of nitrogens with one attached hydrogen (secondary N) is 2. The van der Waals surface area contributed by atoms with Gasteiger partial charge in [0.25, 0.3) is 0 Å². The minimum atomic E-state index is -0.0181. The Labute approximate surface area is 155 Å². The lowest BCUT2D eigenvalue weighted by atomic mass is 10.1. The van der Waals surface area contributed by atoms with Crippen LogP contribution in [0.2, 0.25) is 0 Å². The molecule has 3 aromatic rings. The Kier molecular flexibility index (Phi) is 4.78. The van der Waals surface area contributed by atoms with Crippen molar-refractivity contribution in [3.8, 4) is 5.88 Å². The number of ether oxygens (including phenoxy) is 2. The number of hydrogen-bond donors (Lipinski definition) is 2. The van der Waals surface area contributed by atoms with E-state index in [1.165, 1.54) is 0 Å². The van der Waals surface area contributed by atoms with Crippen molar-refractivity contribution in [2.75, 3.05) is 18.5 Å². The van der Waals surface area contributed by atoms with E-state index in [0.29, 0.717) is 30.7 Å². The highest BCUT2D eigenvalue weighted by atomic mass is 31.0. The van der Waals surface area contributed by atoms with Gasteiger partial charge in [0.1, 0.15) is 17.2 Å². The Bertz CT molecular complexity index is 904. The van der Waals surface area contributed by atoms with Gasteiger partial charge in [0.15, 0.2) is 11.5 Å². The van der Waals surface area contributed by atoms with Crippen LogP contribution in [0, 0.1) is 0 Å². The molecule has 9 nitrogen and oxygen atoms in total. The van der Waals surface area contributed by atoms with Crippen molar-refractivity contribution >= 4 is 41.3 Å². The largest absolute Gasteiger partial charge is 0.470 e. The summed E-state index contributed by atoms with van der Waals surface area (Å²) in [5.41, 5.74) is 1.49. The maximum Gasteiger partial charge on any atom is 0.235 e. The first kappa shape index (κ1) is 17.6. The summed E-state index contributed by atoms with van der Waals surface area (Å²) in [6, 6.07) is 1.78. The van der Waals surface area contributed by atoms with Gasteiger partial charge >= 0.3 is 0 Å². The molecule has 0 saturated carbocycles. The Hall–Kier alpha value is -1.82. The first-order valence-electron chi connectivity index (χ1n) is 8.31. The van der Waals surface area contributed by atoms with Crippen LogP contribution in [0.25, 0.3) is 11.2 Å². The summed E-state index contributed by atoms with van der Waals surface area (Å²) in [4.78, 5) is 9.09. The topological polar surface area (TPSA) is 103 Å². The van der Waals surface area contributed by atoms with E-state index < -0.39 is 0 Å². The number of nitrogens with zero attached hydrogens (tertiary/aromatic N) is 5. The lowest BCUT2D eigenvalue weighted by Gasteiger charge is -2.21. The molecule has 0 aliphatic carbocycles. The second-order valence-electron chi connectivity index (χ2n) is 6.50. The Morgan fingerprint density at radius 1 is 1.50 bits per heavy atom. The first-order chi connectivity index (χ1) is 12.5. The first-order valence-corrected chi connectivity index (χ1v) is 9.55. The van der Waals surface area contributed by atoms with Crippen molar-refractivity contribution < 1.29 is 9.47 Å². The van der Waals surface area contributed by atoms with Crippen LogP contribution in [0.3, 0.4) is 0 Å². The van der Waals surface area contributed by atoms with Crippen molar-refractivity contribution in [2.24, 2.45) is 0 Å². The van der Waals surface area contributed by atoms with Gasteiger partial charge in [-0.1, -0.05) is 9.24 Å². The Morgan fingerprint density at radius 2 is 2.38 bits per heavy atom. The van der Waals surface area contributed by atoms with Crippen LogP contribution in [0.4, 0.5) is 11.6 Å². The molecule has 1 fully saturated rings. The van der Waals surface area contributed by atoms with E-state index in [4.69, 9.17) is 9.47 Å². The van der Waals surface area contributed by atoms with E-state index in [1.807, 2.05) is 11.6 Å². The van der Waals surface area contributed by atoms with Crippen LogP contribution in [0.15, 0.2) is 18.5 Å². The van der Waals surface area contributed by atoms with Crippen molar-refractivity contribution in [3.63, 3.8) is 0 Å². The molecule has 0 aromatic carbocycles. The maximum atomic E-state index is 5.52. The number of hydrogen-bond acceptors (Lipinski definition) is 7. The van der Waals surface area contributed by atoms with Crippen LogP contribution < -0.4 is 10.1 Å². The highest BCUT2D eigenvalue weighted by molar-refractivity contribution is 7.19. The molecule has 0 spiro atoms. The zero-order valence-corrected chi connectivity index (χ0v) is 16.7. The molecular weight excluding hydrogens is 372 g/mol. The molecule has 1 saturated heterocycles. The molecule has 4 heterocycles. The lowest BCUT2D eigenvalue weighted by molar-refractivity contribution is 0.187. The summed E-state index contributed by atoms with van der Waals surface area (Å²) in [7, 11) is 5.46. The quantitative estimate of drug-likeness (QED) is 0.617. The fourth-order valence-electron chi connectivity index (χ4n) is 2.83. The Balaban J connectivity index is 1.55. The van der Waals surface area contributed by atoms with Gasteiger partial charge in [0, 0.05) is 17.8 Å². The summed E-state index contributed by atoms with van der Waals surface area (Å²) in [5.74, 6) is 1.78. The van der Waals surface area contributed by atoms with Gasteiger partial charge in [-0.15, -0.1) is 14.3 Å². The normalized spacial score (nSPS) is 21.2. The van der Waals surface area contributed by atoms with E-state index in [1.54, 1.807) is 18.5 Å². The molecule has 1 aliphatic rings. The van der Waals surface area contributed by atoms with E-state index in [0.717, 1.165) is 24.2 Å². The molecule has 0 bridgehead atoms. The monoisotopic (exact) mass is 393 g/mol. The van der Waals surface area contributed by atoms with Crippen LogP contribution in [-0.2, 0) is 11.3 Å². The summed E-state index contributed by atoms with van der Waals surface area (Å²) in [6.45, 7) is 4.12. The van der Waals surface area contributed by atoms with Crippen molar-refractivity contribution in [1.82, 2.24) is 29.9 Å². The lowest BCUT2D eigenvalue weighted by Crippen LogP contribution is -2.28. The van der Waals surface area contributed by atoms with E-state index >= 15 is 0 Å². The average Bonchev–Trinajstić information content (AvgIpc) is 3.30. The molecule has 0 amide bonds. The number of anilines is 2. The summed E-state index contributed by atoms with van der Waals surface area (Å²) >= 11 is 0.